The molecule has 0 atom stereocenters. The number of halogens is 2. The molecule has 0 saturated heterocycles. The fourth-order valence-corrected chi connectivity index (χ4v) is 2.23. The lowest BCUT2D eigenvalue weighted by atomic mass is 10.2. The molecule has 18 heavy (non-hydrogen) atoms. The van der Waals surface area contributed by atoms with Crippen LogP contribution in [0.3, 0.4) is 0 Å². The SMILES string of the molecule is O=c1c(Br)cc([N+](=O)[O-])cn1CCCCCCCl. The molecular weight excluding hydrogens is 323 g/mol. The highest BCUT2D eigenvalue weighted by Crippen LogP contribution is 2.14. The second-order valence-corrected chi connectivity index (χ2v) is 5.14. The summed E-state index contributed by atoms with van der Waals surface area (Å²) in [6.45, 7) is 0.487. The summed E-state index contributed by atoms with van der Waals surface area (Å²) in [4.78, 5) is 21.9. The minimum absolute atomic E-state index is 0.0813. The standard InChI is InChI=1S/C11H14BrClN2O3/c12-10-7-9(15(17)18)8-14(11(10)16)6-4-2-1-3-5-13/h7-8H,1-6H2. The Morgan fingerprint density at radius 1 is 1.33 bits per heavy atom. The molecule has 0 aliphatic heterocycles. The normalized spacial score (nSPS) is 10.6. The summed E-state index contributed by atoms with van der Waals surface area (Å²) in [6, 6.07) is 1.23. The lowest BCUT2D eigenvalue weighted by Crippen LogP contribution is -2.20. The van der Waals surface area contributed by atoms with Gasteiger partial charge in [0.1, 0.15) is 0 Å². The van der Waals surface area contributed by atoms with Crippen LogP contribution in [0.2, 0.25) is 0 Å². The van der Waals surface area contributed by atoms with Crippen molar-refractivity contribution in [2.75, 3.05) is 5.88 Å². The zero-order valence-electron chi connectivity index (χ0n) is 9.77. The van der Waals surface area contributed by atoms with E-state index in [0.29, 0.717) is 12.4 Å². The van der Waals surface area contributed by atoms with E-state index in [-0.39, 0.29) is 15.7 Å². The lowest BCUT2D eigenvalue weighted by molar-refractivity contribution is -0.385. The Labute approximate surface area is 118 Å². The van der Waals surface area contributed by atoms with Crippen molar-refractivity contribution in [1.29, 1.82) is 0 Å². The fourth-order valence-electron chi connectivity index (χ4n) is 1.58. The van der Waals surface area contributed by atoms with Gasteiger partial charge in [-0.1, -0.05) is 12.8 Å². The predicted molar refractivity (Wildman–Crippen MR) is 74.2 cm³/mol. The Hall–Kier alpha value is -0.880. The van der Waals surface area contributed by atoms with E-state index in [0.717, 1.165) is 25.7 Å². The molecule has 0 aliphatic carbocycles. The van der Waals surface area contributed by atoms with Crippen molar-refractivity contribution in [3.05, 3.63) is 37.2 Å². The van der Waals surface area contributed by atoms with Gasteiger partial charge in [0.05, 0.1) is 15.6 Å². The fraction of sp³-hybridized carbons (Fsp3) is 0.545. The van der Waals surface area contributed by atoms with Crippen molar-refractivity contribution < 1.29 is 4.92 Å². The number of unbranched alkanes of at least 4 members (excludes halogenated alkanes) is 3. The van der Waals surface area contributed by atoms with E-state index in [4.69, 9.17) is 11.6 Å². The molecule has 0 radical (unpaired) electrons. The van der Waals surface area contributed by atoms with Crippen LogP contribution in [0.1, 0.15) is 25.7 Å². The molecule has 1 aromatic rings. The Balaban J connectivity index is 2.69. The first-order valence-corrected chi connectivity index (χ1v) is 6.99. The van der Waals surface area contributed by atoms with Crippen LogP contribution in [0.4, 0.5) is 5.69 Å². The van der Waals surface area contributed by atoms with Gasteiger partial charge in [-0.2, -0.15) is 0 Å². The largest absolute Gasteiger partial charge is 0.308 e. The summed E-state index contributed by atoms with van der Waals surface area (Å²) in [5, 5.41) is 10.7. The maximum Gasteiger partial charge on any atom is 0.286 e. The number of hydrogen-bond donors (Lipinski definition) is 0. The molecule has 1 aromatic heterocycles. The van der Waals surface area contributed by atoms with Crippen molar-refractivity contribution in [3.8, 4) is 0 Å². The van der Waals surface area contributed by atoms with Crippen LogP contribution in [-0.4, -0.2) is 15.4 Å². The second-order valence-electron chi connectivity index (χ2n) is 3.91. The number of aryl methyl sites for hydroxylation is 1. The molecule has 100 valence electrons. The first kappa shape index (κ1) is 15.2. The average Bonchev–Trinajstić information content (AvgIpc) is 2.33. The molecule has 0 saturated carbocycles. The smallest absolute Gasteiger partial charge is 0.286 e. The molecule has 0 spiro atoms. The van der Waals surface area contributed by atoms with Crippen LogP contribution in [0, 0.1) is 10.1 Å². The third kappa shape index (κ3) is 4.42. The quantitative estimate of drug-likeness (QED) is 0.332. The second kappa shape index (κ2) is 7.53. The highest BCUT2D eigenvalue weighted by atomic mass is 79.9. The number of hydrogen-bond acceptors (Lipinski definition) is 3. The van der Waals surface area contributed by atoms with E-state index in [1.165, 1.54) is 16.8 Å². The van der Waals surface area contributed by atoms with E-state index < -0.39 is 4.92 Å². The molecule has 0 amide bonds. The number of aromatic nitrogens is 1. The summed E-state index contributed by atoms with van der Waals surface area (Å²) in [5.41, 5.74) is -0.319. The molecule has 0 fully saturated rings. The summed E-state index contributed by atoms with van der Waals surface area (Å²) in [6.07, 6.45) is 5.02. The van der Waals surface area contributed by atoms with Gasteiger partial charge in [0.25, 0.3) is 11.2 Å². The Kier molecular flexibility index (Phi) is 6.35. The van der Waals surface area contributed by atoms with Gasteiger partial charge in [0.2, 0.25) is 0 Å². The minimum Gasteiger partial charge on any atom is -0.308 e. The number of nitro groups is 1. The topological polar surface area (TPSA) is 65.1 Å². The lowest BCUT2D eigenvalue weighted by Gasteiger charge is -2.06. The molecule has 1 heterocycles. The van der Waals surface area contributed by atoms with E-state index in [1.54, 1.807) is 0 Å². The Morgan fingerprint density at radius 3 is 2.61 bits per heavy atom. The maximum atomic E-state index is 11.7. The molecule has 0 N–H and O–H groups in total. The number of pyridine rings is 1. The van der Waals surface area contributed by atoms with E-state index in [2.05, 4.69) is 15.9 Å². The van der Waals surface area contributed by atoms with E-state index >= 15 is 0 Å². The summed E-state index contributed by atoms with van der Waals surface area (Å²) >= 11 is 8.61. The van der Waals surface area contributed by atoms with Gasteiger partial charge in [-0.05, 0) is 28.8 Å². The summed E-state index contributed by atoms with van der Waals surface area (Å²) in [7, 11) is 0. The van der Waals surface area contributed by atoms with Crippen molar-refractivity contribution in [1.82, 2.24) is 4.57 Å². The molecule has 7 heteroatoms. The Morgan fingerprint density at radius 2 is 2.00 bits per heavy atom. The zero-order valence-corrected chi connectivity index (χ0v) is 12.1. The van der Waals surface area contributed by atoms with Gasteiger partial charge in [-0.25, -0.2) is 0 Å². The molecule has 0 bridgehead atoms. The van der Waals surface area contributed by atoms with Crippen molar-refractivity contribution >= 4 is 33.2 Å². The van der Waals surface area contributed by atoms with Crippen LogP contribution < -0.4 is 5.56 Å². The minimum atomic E-state index is -0.506. The average molecular weight is 338 g/mol. The Bertz CT molecular complexity index is 476. The molecule has 0 aromatic carbocycles. The maximum absolute atomic E-state index is 11.7. The molecule has 1 rings (SSSR count). The van der Waals surface area contributed by atoms with Crippen molar-refractivity contribution in [2.45, 2.75) is 32.2 Å². The monoisotopic (exact) mass is 336 g/mol. The van der Waals surface area contributed by atoms with Crippen molar-refractivity contribution in [2.24, 2.45) is 0 Å². The van der Waals surface area contributed by atoms with Gasteiger partial charge >= 0.3 is 0 Å². The number of alkyl halides is 1. The number of nitrogens with zero attached hydrogens (tertiary/aromatic N) is 2. The highest BCUT2D eigenvalue weighted by Gasteiger charge is 2.11. The van der Waals surface area contributed by atoms with Crippen LogP contribution in [-0.2, 0) is 6.54 Å². The number of rotatable bonds is 7. The van der Waals surface area contributed by atoms with Crippen molar-refractivity contribution in [3.63, 3.8) is 0 Å². The highest BCUT2D eigenvalue weighted by molar-refractivity contribution is 9.10. The first-order valence-electron chi connectivity index (χ1n) is 5.66. The van der Waals surface area contributed by atoms with Gasteiger partial charge in [0.15, 0.2) is 0 Å². The molecule has 0 aliphatic rings. The predicted octanol–water partition coefficient (Wildman–Crippen LogP) is 3.32. The summed E-state index contributed by atoms with van der Waals surface area (Å²) < 4.78 is 1.60. The van der Waals surface area contributed by atoms with Crippen LogP contribution in [0.15, 0.2) is 21.5 Å². The molecular formula is C11H14BrClN2O3. The van der Waals surface area contributed by atoms with Gasteiger partial charge < -0.3 is 4.57 Å². The third-order valence-corrected chi connectivity index (χ3v) is 3.36. The zero-order chi connectivity index (χ0) is 13.5. The van der Waals surface area contributed by atoms with Gasteiger partial charge in [-0.3, -0.25) is 14.9 Å². The van der Waals surface area contributed by atoms with Gasteiger partial charge in [-0.15, -0.1) is 11.6 Å². The van der Waals surface area contributed by atoms with E-state index in [1.807, 2.05) is 0 Å². The van der Waals surface area contributed by atoms with E-state index in [9.17, 15) is 14.9 Å². The van der Waals surface area contributed by atoms with Crippen LogP contribution >= 0.6 is 27.5 Å². The molecule has 0 unspecified atom stereocenters. The van der Waals surface area contributed by atoms with Crippen LogP contribution in [0.5, 0.6) is 0 Å². The van der Waals surface area contributed by atoms with Gasteiger partial charge in [0, 0.05) is 18.5 Å². The third-order valence-electron chi connectivity index (χ3n) is 2.52. The molecule has 5 nitrogen and oxygen atoms in total. The summed E-state index contributed by atoms with van der Waals surface area (Å²) in [5.74, 6) is 0.641. The first-order chi connectivity index (χ1) is 8.56. The van der Waals surface area contributed by atoms with Crippen LogP contribution in [0.25, 0.3) is 0 Å².